The summed E-state index contributed by atoms with van der Waals surface area (Å²) in [6.07, 6.45) is -4.17. The van der Waals surface area contributed by atoms with E-state index in [2.05, 4.69) is 0 Å². The van der Waals surface area contributed by atoms with Crippen LogP contribution in [0.4, 0.5) is 4.39 Å². The predicted molar refractivity (Wildman–Crippen MR) is 64.0 cm³/mol. The normalized spacial score (nSPS) is 33.5. The molecule has 1 saturated heterocycles. The van der Waals surface area contributed by atoms with Crippen LogP contribution in [0.5, 0.6) is 0 Å². The largest absolute Gasteiger partial charge is 0.393 e. The van der Waals surface area contributed by atoms with Crippen molar-refractivity contribution >= 4 is 11.6 Å². The van der Waals surface area contributed by atoms with Gasteiger partial charge >= 0.3 is 5.69 Å². The minimum atomic E-state index is -1.68. The number of ether oxygens (including phenoxy) is 1. The second kappa shape index (κ2) is 5.26. The molecule has 10 heteroatoms. The molecule has 1 aromatic rings. The SMILES string of the molecule is O=c1[nH]c(=O)n([C@@H]2O[C@@](CO)(CCl)[C@@H](O)[C@@H]2O)cc1F. The Morgan fingerprint density at radius 1 is 1.50 bits per heavy atom. The van der Waals surface area contributed by atoms with Crippen LogP contribution in [0.15, 0.2) is 15.8 Å². The summed E-state index contributed by atoms with van der Waals surface area (Å²) in [4.78, 5) is 24.2. The number of aromatic amines is 1. The topological polar surface area (TPSA) is 125 Å². The third-order valence-electron chi connectivity index (χ3n) is 3.20. The number of aliphatic hydroxyl groups is 3. The number of aliphatic hydroxyl groups excluding tert-OH is 3. The summed E-state index contributed by atoms with van der Waals surface area (Å²) in [5, 5.41) is 29.0. The molecule has 1 aliphatic rings. The molecular formula is C10H12ClFN2O6. The summed E-state index contributed by atoms with van der Waals surface area (Å²) in [7, 11) is 0. The third-order valence-corrected chi connectivity index (χ3v) is 3.65. The van der Waals surface area contributed by atoms with Crippen molar-refractivity contribution in [3.8, 4) is 0 Å². The summed E-state index contributed by atoms with van der Waals surface area (Å²) < 4.78 is 19.0. The van der Waals surface area contributed by atoms with E-state index in [9.17, 15) is 29.3 Å². The minimum Gasteiger partial charge on any atom is -0.393 e. The van der Waals surface area contributed by atoms with Gasteiger partial charge in [0.2, 0.25) is 5.82 Å². The van der Waals surface area contributed by atoms with Crippen LogP contribution >= 0.6 is 11.6 Å². The fourth-order valence-corrected chi connectivity index (χ4v) is 2.31. The molecule has 4 N–H and O–H groups in total. The van der Waals surface area contributed by atoms with Gasteiger partial charge in [0.25, 0.3) is 5.56 Å². The van der Waals surface area contributed by atoms with E-state index in [4.69, 9.17) is 16.3 Å². The standard InChI is InChI=1S/C10H12ClFN2O6/c11-2-10(3-15)6(17)5(16)8(20-10)14-1-4(12)7(18)13-9(14)19/h1,5-6,8,15-17H,2-3H2,(H,13,18,19)/t5-,6-,8+,10+/m0/s1. The van der Waals surface area contributed by atoms with Gasteiger partial charge in [0.15, 0.2) is 6.23 Å². The molecule has 2 heterocycles. The van der Waals surface area contributed by atoms with Gasteiger partial charge in [-0.2, -0.15) is 4.39 Å². The van der Waals surface area contributed by atoms with E-state index < -0.39 is 47.7 Å². The zero-order valence-corrected chi connectivity index (χ0v) is 10.7. The van der Waals surface area contributed by atoms with Crippen LogP contribution in [-0.4, -0.2) is 55.2 Å². The van der Waals surface area contributed by atoms with Crippen LogP contribution in [0, 0.1) is 5.82 Å². The quantitative estimate of drug-likeness (QED) is 0.474. The lowest BCUT2D eigenvalue weighted by atomic mass is 9.98. The van der Waals surface area contributed by atoms with Crippen molar-refractivity contribution in [2.75, 3.05) is 12.5 Å². The number of nitrogens with one attached hydrogen (secondary N) is 1. The summed E-state index contributed by atoms with van der Waals surface area (Å²) >= 11 is 5.60. The molecule has 0 radical (unpaired) electrons. The number of alkyl halides is 1. The van der Waals surface area contributed by atoms with Crippen LogP contribution in [-0.2, 0) is 4.74 Å². The number of hydrogen-bond donors (Lipinski definition) is 4. The van der Waals surface area contributed by atoms with Crippen LogP contribution < -0.4 is 11.2 Å². The van der Waals surface area contributed by atoms with E-state index in [0.29, 0.717) is 10.8 Å². The van der Waals surface area contributed by atoms with Gasteiger partial charge in [-0.15, -0.1) is 11.6 Å². The average molecular weight is 311 g/mol. The van der Waals surface area contributed by atoms with Crippen LogP contribution in [0.25, 0.3) is 0 Å². The zero-order chi connectivity index (χ0) is 15.1. The Bertz CT molecular complexity index is 613. The Morgan fingerprint density at radius 2 is 2.15 bits per heavy atom. The smallest absolute Gasteiger partial charge is 0.330 e. The van der Waals surface area contributed by atoms with Crippen molar-refractivity contribution in [2.45, 2.75) is 24.0 Å². The monoisotopic (exact) mass is 310 g/mol. The summed E-state index contributed by atoms with van der Waals surface area (Å²) in [5.74, 6) is -1.62. The van der Waals surface area contributed by atoms with Gasteiger partial charge in [-0.05, 0) is 0 Å². The molecule has 0 unspecified atom stereocenters. The molecule has 112 valence electrons. The minimum absolute atomic E-state index is 0.362. The first kappa shape index (κ1) is 15.1. The molecule has 0 aromatic carbocycles. The van der Waals surface area contributed by atoms with Crippen LogP contribution in [0.2, 0.25) is 0 Å². The lowest BCUT2D eigenvalue weighted by molar-refractivity contribution is -0.115. The average Bonchev–Trinajstić information content (AvgIpc) is 2.68. The fraction of sp³-hybridized carbons (Fsp3) is 0.600. The maximum atomic E-state index is 13.2. The van der Waals surface area contributed by atoms with Crippen molar-refractivity contribution in [1.82, 2.24) is 9.55 Å². The summed E-state index contributed by atoms with van der Waals surface area (Å²) in [5.41, 5.74) is -3.93. The van der Waals surface area contributed by atoms with E-state index in [0.717, 1.165) is 0 Å². The Balaban J connectivity index is 2.47. The first-order valence-corrected chi connectivity index (χ1v) is 6.11. The highest BCUT2D eigenvalue weighted by atomic mass is 35.5. The number of rotatable bonds is 3. The van der Waals surface area contributed by atoms with E-state index >= 15 is 0 Å². The Morgan fingerprint density at radius 3 is 2.65 bits per heavy atom. The molecule has 2 rings (SSSR count). The third kappa shape index (κ3) is 2.17. The molecule has 1 aromatic heterocycles. The second-order valence-electron chi connectivity index (χ2n) is 4.44. The highest BCUT2D eigenvalue weighted by molar-refractivity contribution is 6.18. The molecule has 4 atom stereocenters. The fourth-order valence-electron chi connectivity index (χ4n) is 2.00. The molecule has 1 fully saturated rings. The Kier molecular flexibility index (Phi) is 3.98. The van der Waals surface area contributed by atoms with Crippen molar-refractivity contribution in [2.24, 2.45) is 0 Å². The lowest BCUT2D eigenvalue weighted by Gasteiger charge is -2.27. The van der Waals surface area contributed by atoms with E-state index in [-0.39, 0.29) is 5.88 Å². The molecule has 1 aliphatic heterocycles. The molecule has 0 amide bonds. The Labute approximate surface area is 116 Å². The lowest BCUT2D eigenvalue weighted by Crippen LogP contribution is -2.47. The van der Waals surface area contributed by atoms with E-state index in [1.54, 1.807) is 4.98 Å². The first-order valence-electron chi connectivity index (χ1n) is 5.58. The molecule has 8 nitrogen and oxygen atoms in total. The van der Waals surface area contributed by atoms with Gasteiger partial charge < -0.3 is 20.1 Å². The van der Waals surface area contributed by atoms with Crippen LogP contribution in [0.3, 0.4) is 0 Å². The summed E-state index contributed by atoms with van der Waals surface area (Å²) in [6.45, 7) is -0.716. The van der Waals surface area contributed by atoms with Gasteiger partial charge in [0.1, 0.15) is 17.8 Å². The number of aromatic nitrogens is 2. The predicted octanol–water partition coefficient (Wildman–Crippen LogP) is -2.10. The highest BCUT2D eigenvalue weighted by Crippen LogP contribution is 2.37. The zero-order valence-electron chi connectivity index (χ0n) is 9.99. The molecule has 0 saturated carbocycles. The van der Waals surface area contributed by atoms with Gasteiger partial charge in [-0.1, -0.05) is 0 Å². The van der Waals surface area contributed by atoms with Crippen LogP contribution in [0.1, 0.15) is 6.23 Å². The molecule has 0 aliphatic carbocycles. The number of hydrogen-bond acceptors (Lipinski definition) is 6. The first-order chi connectivity index (χ1) is 9.36. The van der Waals surface area contributed by atoms with Gasteiger partial charge in [-0.3, -0.25) is 14.3 Å². The Hall–Kier alpha value is -1.26. The van der Waals surface area contributed by atoms with E-state index in [1.807, 2.05) is 0 Å². The van der Waals surface area contributed by atoms with Gasteiger partial charge in [-0.25, -0.2) is 4.79 Å². The van der Waals surface area contributed by atoms with E-state index in [1.165, 1.54) is 0 Å². The van der Waals surface area contributed by atoms with Crippen molar-refractivity contribution in [3.63, 3.8) is 0 Å². The maximum absolute atomic E-state index is 13.2. The molecule has 20 heavy (non-hydrogen) atoms. The second-order valence-corrected chi connectivity index (χ2v) is 4.71. The number of nitrogens with zero attached hydrogens (tertiary/aromatic N) is 1. The molecule has 0 spiro atoms. The van der Waals surface area contributed by atoms with Crippen molar-refractivity contribution in [3.05, 3.63) is 32.9 Å². The van der Waals surface area contributed by atoms with Gasteiger partial charge in [0, 0.05) is 0 Å². The van der Waals surface area contributed by atoms with Crippen molar-refractivity contribution in [1.29, 1.82) is 0 Å². The van der Waals surface area contributed by atoms with Gasteiger partial charge in [0.05, 0.1) is 18.7 Å². The number of halogens is 2. The molecule has 0 bridgehead atoms. The number of H-pyrrole nitrogens is 1. The molecular weight excluding hydrogens is 299 g/mol. The van der Waals surface area contributed by atoms with Crippen molar-refractivity contribution < 1.29 is 24.4 Å². The summed E-state index contributed by atoms with van der Waals surface area (Å²) in [6, 6.07) is 0. The highest BCUT2D eigenvalue weighted by Gasteiger charge is 2.54. The maximum Gasteiger partial charge on any atom is 0.330 e.